The summed E-state index contributed by atoms with van der Waals surface area (Å²) in [4.78, 5) is 0. The summed E-state index contributed by atoms with van der Waals surface area (Å²) in [7, 11) is 1.65. The Morgan fingerprint density at radius 3 is 1.50 bits per heavy atom. The van der Waals surface area contributed by atoms with E-state index >= 15 is 0 Å². The summed E-state index contributed by atoms with van der Waals surface area (Å²) in [6, 6.07) is 0. The summed E-state index contributed by atoms with van der Waals surface area (Å²) in [5.41, 5.74) is -0.208. The van der Waals surface area contributed by atoms with Crippen molar-refractivity contribution < 1.29 is 49.4 Å². The molecule has 0 aromatic carbocycles. The van der Waals surface area contributed by atoms with E-state index in [2.05, 4.69) is 6.92 Å². The molecule has 0 aliphatic heterocycles. The average molecular weight is 368 g/mol. The molecule has 46 valence electrons. The van der Waals surface area contributed by atoms with Crippen LogP contribution in [0, 0.1) is 6.92 Å². The van der Waals surface area contributed by atoms with Crippen LogP contribution in [0.2, 0.25) is 0 Å². The van der Waals surface area contributed by atoms with Crippen LogP contribution in [-0.4, -0.2) is 12.7 Å². The smallest absolute Gasteiger partial charge is 1.00 e. The second-order valence-corrected chi connectivity index (χ2v) is 1.96. The number of hydrogen-bond acceptors (Lipinski definition) is 1. The monoisotopic (exact) mass is 368 g/mol. The maximum absolute atomic E-state index is 4.83. The molecular weight excluding hydrogens is 357 g/mol. The quantitative estimate of drug-likeness (QED) is 0.500. The molecule has 2 radical (unpaired) electrons. The van der Waals surface area contributed by atoms with Gasteiger partial charge in [-0.1, -0.05) is 0 Å². The van der Waals surface area contributed by atoms with E-state index in [0.717, 1.165) is 0 Å². The Labute approximate surface area is 82.5 Å². The third-order valence-electron chi connectivity index (χ3n) is 0.553. The number of methoxy groups -OCH3 is 1. The molecular formula is C5H11BrHgO. The first-order valence-electron chi connectivity index (χ1n) is 1.97. The van der Waals surface area contributed by atoms with E-state index in [1.165, 1.54) is 0 Å². The van der Waals surface area contributed by atoms with Gasteiger partial charge < -0.3 is 21.7 Å². The van der Waals surface area contributed by atoms with Crippen molar-refractivity contribution >= 4 is 0 Å². The Morgan fingerprint density at radius 1 is 1.38 bits per heavy atom. The molecule has 3 heteroatoms. The topological polar surface area (TPSA) is 9.23 Å². The van der Waals surface area contributed by atoms with Gasteiger partial charge in [-0.2, -0.15) is 0 Å². The third kappa shape index (κ3) is 15.7. The van der Waals surface area contributed by atoms with Crippen molar-refractivity contribution in [2.24, 2.45) is 0 Å². The molecule has 0 atom stereocenters. The molecule has 0 bridgehead atoms. The summed E-state index contributed by atoms with van der Waals surface area (Å²) >= 11 is 0. The van der Waals surface area contributed by atoms with E-state index < -0.39 is 0 Å². The van der Waals surface area contributed by atoms with Gasteiger partial charge in [0.25, 0.3) is 0 Å². The van der Waals surface area contributed by atoms with Gasteiger partial charge in [-0.15, -0.1) is 0 Å². The van der Waals surface area contributed by atoms with Crippen LogP contribution in [0.5, 0.6) is 0 Å². The zero-order valence-electron chi connectivity index (χ0n) is 5.70. The number of hydrogen-bond donors (Lipinski definition) is 0. The van der Waals surface area contributed by atoms with Crippen molar-refractivity contribution in [2.45, 2.75) is 19.4 Å². The number of halogens is 1. The standard InChI is InChI=1S/C5H11O.BrH.Hg/c1-5(2,3)6-4;;/h1H2,2-4H3;1H;/q;;+1/p-1. The Balaban J connectivity index is -0.000000125. The fourth-order valence-corrected chi connectivity index (χ4v) is 0. The molecule has 0 saturated heterocycles. The summed E-state index contributed by atoms with van der Waals surface area (Å²) in [5, 5.41) is 0. The minimum Gasteiger partial charge on any atom is -1.00 e. The van der Waals surface area contributed by atoms with Crippen molar-refractivity contribution in [1.82, 2.24) is 0 Å². The summed E-state index contributed by atoms with van der Waals surface area (Å²) in [6.07, 6.45) is 0. The van der Waals surface area contributed by atoms with Gasteiger partial charge in [-0.3, -0.25) is 0 Å². The van der Waals surface area contributed by atoms with E-state index in [4.69, 9.17) is 4.74 Å². The van der Waals surface area contributed by atoms with Crippen LogP contribution in [-0.2, 0) is 32.4 Å². The predicted octanol–water partition coefficient (Wildman–Crippen LogP) is -1.75. The number of ether oxygens (including phenoxy) is 1. The van der Waals surface area contributed by atoms with Crippen molar-refractivity contribution in [1.29, 1.82) is 0 Å². The van der Waals surface area contributed by atoms with Gasteiger partial charge in [0.2, 0.25) is 0 Å². The minimum atomic E-state index is -0.208. The third-order valence-corrected chi connectivity index (χ3v) is 0.553. The SMILES string of the molecule is [Br-].[CH2]C(C)(C)OC.[Hg+]. The van der Waals surface area contributed by atoms with E-state index in [9.17, 15) is 0 Å². The first kappa shape index (κ1) is 16.2. The van der Waals surface area contributed by atoms with E-state index in [0.29, 0.717) is 0 Å². The van der Waals surface area contributed by atoms with Crippen LogP contribution in [0.3, 0.4) is 0 Å². The molecule has 0 rings (SSSR count). The molecule has 0 unspecified atom stereocenters. The van der Waals surface area contributed by atoms with Gasteiger partial charge in [0.1, 0.15) is 0 Å². The van der Waals surface area contributed by atoms with Crippen LogP contribution in [0.1, 0.15) is 13.8 Å². The van der Waals surface area contributed by atoms with Gasteiger partial charge in [0.05, 0.1) is 5.60 Å². The van der Waals surface area contributed by atoms with Gasteiger partial charge >= 0.3 is 27.7 Å². The van der Waals surface area contributed by atoms with E-state index in [-0.39, 0.29) is 50.3 Å². The molecule has 0 amide bonds. The normalized spacial score (nSPS) is 9.00. The summed E-state index contributed by atoms with van der Waals surface area (Å²) in [5.74, 6) is 0. The van der Waals surface area contributed by atoms with Gasteiger partial charge in [-0.25, -0.2) is 0 Å². The molecule has 8 heavy (non-hydrogen) atoms. The molecule has 0 heterocycles. The Hall–Kier alpha value is 1.38. The molecule has 0 spiro atoms. The Kier molecular flexibility index (Phi) is 13.1. The molecule has 0 saturated carbocycles. The molecule has 1 nitrogen and oxygen atoms in total. The second kappa shape index (κ2) is 6.49. The molecule has 0 aromatic heterocycles. The van der Waals surface area contributed by atoms with Crippen molar-refractivity contribution in [2.75, 3.05) is 7.11 Å². The fourth-order valence-electron chi connectivity index (χ4n) is 0. The van der Waals surface area contributed by atoms with E-state index in [1.54, 1.807) is 7.11 Å². The van der Waals surface area contributed by atoms with Gasteiger partial charge in [-0.05, 0) is 20.8 Å². The molecule has 0 aromatic rings. The van der Waals surface area contributed by atoms with Crippen molar-refractivity contribution in [3.63, 3.8) is 0 Å². The molecule has 0 aliphatic carbocycles. The predicted molar refractivity (Wildman–Crippen MR) is 26.4 cm³/mol. The van der Waals surface area contributed by atoms with Crippen LogP contribution >= 0.6 is 0 Å². The zero-order valence-corrected chi connectivity index (χ0v) is 12.8. The largest absolute Gasteiger partial charge is 1.00 e. The van der Waals surface area contributed by atoms with Crippen LogP contribution in [0.4, 0.5) is 0 Å². The van der Waals surface area contributed by atoms with Crippen LogP contribution in [0.25, 0.3) is 0 Å². The fraction of sp³-hybridized carbons (Fsp3) is 0.800. The summed E-state index contributed by atoms with van der Waals surface area (Å²) in [6.45, 7) is 7.49. The molecule has 0 N–H and O–H groups in total. The minimum absolute atomic E-state index is 0. The maximum Gasteiger partial charge on any atom is 1.00 e. The molecule has 0 fully saturated rings. The Bertz CT molecular complexity index is 42.2. The van der Waals surface area contributed by atoms with Crippen molar-refractivity contribution in [3.8, 4) is 0 Å². The maximum atomic E-state index is 4.83. The second-order valence-electron chi connectivity index (χ2n) is 1.96. The first-order valence-corrected chi connectivity index (χ1v) is 1.97. The Morgan fingerprint density at radius 2 is 1.50 bits per heavy atom. The number of rotatable bonds is 1. The van der Waals surface area contributed by atoms with Crippen LogP contribution < -0.4 is 17.0 Å². The zero-order chi connectivity index (χ0) is 5.21. The average Bonchev–Trinajstić information content (AvgIpc) is 1.35. The van der Waals surface area contributed by atoms with Crippen molar-refractivity contribution in [3.05, 3.63) is 6.92 Å². The summed E-state index contributed by atoms with van der Waals surface area (Å²) < 4.78 is 4.83. The van der Waals surface area contributed by atoms with Crippen LogP contribution in [0.15, 0.2) is 0 Å². The van der Waals surface area contributed by atoms with Gasteiger partial charge in [0.15, 0.2) is 0 Å². The van der Waals surface area contributed by atoms with Gasteiger partial charge in [0, 0.05) is 7.11 Å². The molecule has 0 aliphatic rings. The van der Waals surface area contributed by atoms with E-state index in [1.807, 2.05) is 13.8 Å². The first-order chi connectivity index (χ1) is 2.56.